The molecule has 21 heavy (non-hydrogen) atoms. The Bertz CT molecular complexity index is 534. The molecule has 3 rings (SSSR count). The molecule has 1 fully saturated rings. The SMILES string of the molecule is CN(C)C1CCN(CC(=O)C2=CN=C3C=CC=CC23)CC1. The van der Waals surface area contributed by atoms with Gasteiger partial charge in [-0.25, -0.2) is 0 Å². The van der Waals surface area contributed by atoms with E-state index in [-0.39, 0.29) is 11.7 Å². The number of hydrogen-bond donors (Lipinski definition) is 0. The van der Waals surface area contributed by atoms with Crippen LogP contribution in [0.1, 0.15) is 12.8 Å². The molecule has 0 saturated carbocycles. The molecule has 1 aliphatic carbocycles. The second kappa shape index (κ2) is 6.08. The van der Waals surface area contributed by atoms with Crippen LogP contribution in [-0.2, 0) is 4.79 Å². The first-order valence-corrected chi connectivity index (χ1v) is 7.70. The van der Waals surface area contributed by atoms with Crippen LogP contribution < -0.4 is 0 Å². The van der Waals surface area contributed by atoms with E-state index in [1.807, 2.05) is 18.2 Å². The molecule has 0 spiro atoms. The van der Waals surface area contributed by atoms with Crippen molar-refractivity contribution in [3.8, 4) is 0 Å². The van der Waals surface area contributed by atoms with Gasteiger partial charge in [-0.15, -0.1) is 0 Å². The molecule has 1 unspecified atom stereocenters. The zero-order chi connectivity index (χ0) is 14.8. The molecule has 0 aromatic carbocycles. The molecule has 4 nitrogen and oxygen atoms in total. The molecule has 1 atom stereocenters. The van der Waals surface area contributed by atoms with Gasteiger partial charge in [0, 0.05) is 36.8 Å². The zero-order valence-corrected chi connectivity index (χ0v) is 12.8. The Hall–Kier alpha value is -1.52. The summed E-state index contributed by atoms with van der Waals surface area (Å²) >= 11 is 0. The highest BCUT2D eigenvalue weighted by atomic mass is 16.1. The average molecular weight is 285 g/mol. The Labute approximate surface area is 126 Å². The highest BCUT2D eigenvalue weighted by molar-refractivity contribution is 6.12. The first kappa shape index (κ1) is 14.4. The minimum Gasteiger partial charge on any atom is -0.306 e. The van der Waals surface area contributed by atoms with E-state index in [2.05, 4.69) is 35.0 Å². The Morgan fingerprint density at radius 3 is 2.81 bits per heavy atom. The normalized spacial score (nSPS) is 26.0. The number of carbonyl (C=O) groups is 1. The molecule has 0 N–H and O–H groups in total. The number of likely N-dealkylation sites (tertiary alicyclic amines) is 1. The van der Waals surface area contributed by atoms with E-state index in [9.17, 15) is 4.79 Å². The summed E-state index contributed by atoms with van der Waals surface area (Å²) in [5, 5.41) is 0. The Morgan fingerprint density at radius 1 is 1.33 bits per heavy atom. The van der Waals surface area contributed by atoms with E-state index in [1.165, 1.54) is 0 Å². The van der Waals surface area contributed by atoms with Gasteiger partial charge in [0.2, 0.25) is 0 Å². The van der Waals surface area contributed by atoms with Gasteiger partial charge >= 0.3 is 0 Å². The summed E-state index contributed by atoms with van der Waals surface area (Å²) in [5.74, 6) is 0.309. The van der Waals surface area contributed by atoms with Gasteiger partial charge in [-0.05, 0) is 33.0 Å². The zero-order valence-electron chi connectivity index (χ0n) is 12.8. The number of hydrogen-bond acceptors (Lipinski definition) is 4. The predicted octanol–water partition coefficient (Wildman–Crippen LogP) is 1.66. The number of rotatable bonds is 4. The lowest BCUT2D eigenvalue weighted by Gasteiger charge is -2.35. The lowest BCUT2D eigenvalue weighted by molar-refractivity contribution is -0.117. The maximum atomic E-state index is 12.5. The standard InChI is InChI=1S/C17H23N3O/c1-19(2)13-7-9-20(10-8-13)12-17(21)15-11-18-16-6-4-3-5-14(15)16/h3-6,11,13-14H,7-10,12H2,1-2H3. The molecule has 2 heterocycles. The summed E-state index contributed by atoms with van der Waals surface area (Å²) in [6, 6.07) is 0.656. The van der Waals surface area contributed by atoms with Crippen molar-refractivity contribution in [3.63, 3.8) is 0 Å². The molecular formula is C17H23N3O. The second-order valence-corrected chi connectivity index (χ2v) is 6.25. The smallest absolute Gasteiger partial charge is 0.175 e. The maximum absolute atomic E-state index is 12.5. The van der Waals surface area contributed by atoms with Crippen LogP contribution in [0, 0.1) is 5.92 Å². The van der Waals surface area contributed by atoms with Crippen molar-refractivity contribution in [2.45, 2.75) is 18.9 Å². The summed E-state index contributed by atoms with van der Waals surface area (Å²) in [5.41, 5.74) is 1.84. The minimum absolute atomic E-state index is 0.0850. The number of piperidine rings is 1. The van der Waals surface area contributed by atoms with Crippen LogP contribution in [0.3, 0.4) is 0 Å². The molecule has 0 radical (unpaired) electrons. The Morgan fingerprint density at radius 2 is 2.10 bits per heavy atom. The molecule has 0 bridgehead atoms. The fourth-order valence-electron chi connectivity index (χ4n) is 3.28. The van der Waals surface area contributed by atoms with Crippen LogP contribution in [0.4, 0.5) is 0 Å². The molecule has 112 valence electrons. The molecular weight excluding hydrogens is 262 g/mol. The van der Waals surface area contributed by atoms with Gasteiger partial charge in [0.15, 0.2) is 5.78 Å². The first-order valence-electron chi connectivity index (χ1n) is 7.70. The van der Waals surface area contributed by atoms with E-state index >= 15 is 0 Å². The summed E-state index contributed by atoms with van der Waals surface area (Å²) in [7, 11) is 4.27. The molecule has 2 aliphatic heterocycles. The Balaban J connectivity index is 1.54. The number of fused-ring (bicyclic) bond motifs is 1. The monoisotopic (exact) mass is 285 g/mol. The molecule has 1 saturated heterocycles. The summed E-state index contributed by atoms with van der Waals surface area (Å²) in [4.78, 5) is 21.5. The van der Waals surface area contributed by atoms with Crippen LogP contribution >= 0.6 is 0 Å². The van der Waals surface area contributed by atoms with Crippen molar-refractivity contribution in [3.05, 3.63) is 36.1 Å². The van der Waals surface area contributed by atoms with E-state index in [1.54, 1.807) is 6.20 Å². The number of allylic oxidation sites excluding steroid dienone is 4. The highest BCUT2D eigenvalue weighted by Crippen LogP contribution is 2.26. The third-order valence-corrected chi connectivity index (χ3v) is 4.66. The van der Waals surface area contributed by atoms with Crippen molar-refractivity contribution in [2.75, 3.05) is 33.7 Å². The lowest BCUT2D eigenvalue weighted by Crippen LogP contribution is -2.44. The first-order chi connectivity index (χ1) is 10.1. The number of carbonyl (C=O) groups excluding carboxylic acids is 1. The van der Waals surface area contributed by atoms with Crippen LogP contribution in [0.25, 0.3) is 0 Å². The number of Topliss-reactive ketones (excluding diaryl/α,β-unsaturated/α-hetero) is 1. The van der Waals surface area contributed by atoms with Gasteiger partial charge in [0.1, 0.15) is 0 Å². The third kappa shape index (κ3) is 3.06. The van der Waals surface area contributed by atoms with Crippen molar-refractivity contribution >= 4 is 11.5 Å². The largest absolute Gasteiger partial charge is 0.306 e. The molecule has 0 aromatic rings. The van der Waals surface area contributed by atoms with Gasteiger partial charge in [-0.3, -0.25) is 14.7 Å². The molecule has 0 amide bonds. The van der Waals surface area contributed by atoms with E-state index in [0.29, 0.717) is 12.6 Å². The predicted molar refractivity (Wildman–Crippen MR) is 85.4 cm³/mol. The summed E-state index contributed by atoms with van der Waals surface area (Å²) in [6.45, 7) is 2.55. The molecule has 4 heteroatoms. The topological polar surface area (TPSA) is 35.9 Å². The number of aliphatic imine (C=N–C) groups is 1. The van der Waals surface area contributed by atoms with Crippen LogP contribution in [0.15, 0.2) is 41.1 Å². The second-order valence-electron chi connectivity index (χ2n) is 6.25. The van der Waals surface area contributed by atoms with E-state index in [0.717, 1.165) is 37.2 Å². The summed E-state index contributed by atoms with van der Waals surface area (Å²) in [6.07, 6.45) is 12.1. The molecule has 3 aliphatic rings. The highest BCUT2D eigenvalue weighted by Gasteiger charge is 2.29. The quantitative estimate of drug-likeness (QED) is 0.788. The van der Waals surface area contributed by atoms with Crippen LogP contribution in [0.5, 0.6) is 0 Å². The van der Waals surface area contributed by atoms with Crippen molar-refractivity contribution in [1.82, 2.24) is 9.80 Å². The van der Waals surface area contributed by atoms with Crippen molar-refractivity contribution < 1.29 is 4.79 Å². The van der Waals surface area contributed by atoms with Crippen molar-refractivity contribution in [1.29, 1.82) is 0 Å². The number of ketones is 1. The molecule has 0 aromatic heterocycles. The third-order valence-electron chi connectivity index (χ3n) is 4.66. The van der Waals surface area contributed by atoms with Gasteiger partial charge in [0.25, 0.3) is 0 Å². The minimum atomic E-state index is 0.0850. The van der Waals surface area contributed by atoms with Gasteiger partial charge in [-0.2, -0.15) is 0 Å². The fraction of sp³-hybridized carbons (Fsp3) is 0.529. The fourth-order valence-corrected chi connectivity index (χ4v) is 3.28. The average Bonchev–Trinajstić information content (AvgIpc) is 2.92. The van der Waals surface area contributed by atoms with Gasteiger partial charge < -0.3 is 4.90 Å². The Kier molecular flexibility index (Phi) is 4.17. The van der Waals surface area contributed by atoms with Crippen LogP contribution in [0.2, 0.25) is 0 Å². The van der Waals surface area contributed by atoms with Gasteiger partial charge in [-0.1, -0.05) is 18.2 Å². The van der Waals surface area contributed by atoms with E-state index in [4.69, 9.17) is 0 Å². The maximum Gasteiger partial charge on any atom is 0.175 e. The van der Waals surface area contributed by atoms with Crippen molar-refractivity contribution in [2.24, 2.45) is 10.9 Å². The summed E-state index contributed by atoms with van der Waals surface area (Å²) < 4.78 is 0. The van der Waals surface area contributed by atoms with E-state index < -0.39 is 0 Å². The number of nitrogens with zero attached hydrogens (tertiary/aromatic N) is 3. The lowest BCUT2D eigenvalue weighted by atomic mass is 9.90. The van der Waals surface area contributed by atoms with Gasteiger partial charge in [0.05, 0.1) is 12.3 Å². The van der Waals surface area contributed by atoms with Crippen LogP contribution in [-0.4, -0.2) is 61.1 Å².